The van der Waals surface area contributed by atoms with Gasteiger partial charge in [-0.2, -0.15) is 0 Å². The second-order valence-electron chi connectivity index (χ2n) is 5.44. The van der Waals surface area contributed by atoms with Gasteiger partial charge in [-0.25, -0.2) is 4.98 Å². The van der Waals surface area contributed by atoms with Crippen LogP contribution < -0.4 is 16.6 Å². The molecule has 1 fully saturated rings. The Morgan fingerprint density at radius 3 is 2.95 bits per heavy atom. The molecule has 21 heavy (non-hydrogen) atoms. The summed E-state index contributed by atoms with van der Waals surface area (Å²) in [7, 11) is 2.05. The topological polar surface area (TPSA) is 83.3 Å². The van der Waals surface area contributed by atoms with Crippen molar-refractivity contribution in [2.45, 2.75) is 12.5 Å². The summed E-state index contributed by atoms with van der Waals surface area (Å²) in [5.74, 6) is 5.40. The summed E-state index contributed by atoms with van der Waals surface area (Å²) in [6.07, 6.45) is 0.970. The number of carbonyl (C=O) groups excluding carboxylic acids is 1. The first-order chi connectivity index (χ1) is 10.2. The van der Waals surface area contributed by atoms with Gasteiger partial charge in [0.15, 0.2) is 0 Å². The van der Waals surface area contributed by atoms with Crippen LogP contribution in [0.4, 0.5) is 5.69 Å². The number of benzene rings is 1. The van der Waals surface area contributed by atoms with Crippen molar-refractivity contribution in [3.63, 3.8) is 0 Å². The van der Waals surface area contributed by atoms with Gasteiger partial charge >= 0.3 is 0 Å². The third kappa shape index (κ3) is 2.81. The molecule has 1 amide bonds. The lowest BCUT2D eigenvalue weighted by Crippen LogP contribution is -2.37. The van der Waals surface area contributed by atoms with E-state index in [4.69, 9.17) is 5.84 Å². The monoisotopic (exact) mass is 285 g/mol. The molecule has 0 aliphatic carbocycles. The van der Waals surface area contributed by atoms with Crippen LogP contribution in [0.5, 0.6) is 0 Å². The van der Waals surface area contributed by atoms with Gasteiger partial charge in [0.05, 0.1) is 11.2 Å². The highest BCUT2D eigenvalue weighted by atomic mass is 16.1. The maximum atomic E-state index is 12.4. The summed E-state index contributed by atoms with van der Waals surface area (Å²) in [6.45, 7) is 1.88. The van der Waals surface area contributed by atoms with E-state index in [1.165, 1.54) is 0 Å². The van der Waals surface area contributed by atoms with Crippen molar-refractivity contribution >= 4 is 22.5 Å². The van der Waals surface area contributed by atoms with Crippen LogP contribution in [0.1, 0.15) is 16.9 Å². The molecule has 1 aliphatic rings. The van der Waals surface area contributed by atoms with E-state index in [2.05, 4.69) is 27.7 Å². The van der Waals surface area contributed by atoms with Crippen molar-refractivity contribution in [3.05, 3.63) is 36.0 Å². The van der Waals surface area contributed by atoms with Gasteiger partial charge in [0.2, 0.25) is 0 Å². The quantitative estimate of drug-likeness (QED) is 0.578. The number of carbonyl (C=O) groups is 1. The van der Waals surface area contributed by atoms with Gasteiger partial charge in [0, 0.05) is 18.0 Å². The van der Waals surface area contributed by atoms with Gasteiger partial charge in [0.1, 0.15) is 5.69 Å². The number of likely N-dealkylation sites (tertiary alicyclic amines) is 1. The van der Waals surface area contributed by atoms with E-state index in [0.29, 0.717) is 11.4 Å². The zero-order valence-corrected chi connectivity index (χ0v) is 12.0. The molecule has 0 radical (unpaired) electrons. The fourth-order valence-electron chi connectivity index (χ4n) is 2.72. The molecule has 6 heteroatoms. The molecular formula is C15H19N5O. The number of hydrazine groups is 1. The lowest BCUT2D eigenvalue weighted by molar-refractivity contribution is 0.0934. The molecule has 1 aromatic heterocycles. The Bertz CT molecular complexity index is 672. The predicted octanol–water partition coefficient (Wildman–Crippen LogP) is 0.954. The summed E-state index contributed by atoms with van der Waals surface area (Å²) in [5.41, 5.74) is 4.48. The van der Waals surface area contributed by atoms with Crippen LogP contribution in [-0.2, 0) is 0 Å². The average Bonchev–Trinajstić information content (AvgIpc) is 2.91. The molecule has 1 unspecified atom stereocenters. The Labute approximate surface area is 123 Å². The normalized spacial score (nSPS) is 18.9. The fourth-order valence-corrected chi connectivity index (χ4v) is 2.72. The minimum Gasteiger partial charge on any atom is -0.347 e. The van der Waals surface area contributed by atoms with Crippen molar-refractivity contribution in [2.24, 2.45) is 5.84 Å². The molecule has 0 spiro atoms. The molecule has 3 rings (SSSR count). The number of pyridine rings is 1. The van der Waals surface area contributed by atoms with Gasteiger partial charge in [0.25, 0.3) is 5.91 Å². The zero-order valence-electron chi connectivity index (χ0n) is 12.0. The number of rotatable bonds is 3. The van der Waals surface area contributed by atoms with Crippen LogP contribution in [0.15, 0.2) is 30.3 Å². The van der Waals surface area contributed by atoms with E-state index >= 15 is 0 Å². The largest absolute Gasteiger partial charge is 0.347 e. The molecule has 1 atom stereocenters. The number of para-hydroxylation sites is 1. The Kier molecular flexibility index (Phi) is 3.72. The summed E-state index contributed by atoms with van der Waals surface area (Å²) in [6, 6.07) is 9.48. The number of aromatic nitrogens is 1. The highest BCUT2D eigenvalue weighted by Crippen LogP contribution is 2.22. The third-order valence-corrected chi connectivity index (χ3v) is 3.83. The maximum absolute atomic E-state index is 12.4. The van der Waals surface area contributed by atoms with Crippen LogP contribution in [0.25, 0.3) is 10.9 Å². The highest BCUT2D eigenvalue weighted by Gasteiger charge is 2.22. The number of nitrogens with zero attached hydrogens (tertiary/aromatic N) is 2. The van der Waals surface area contributed by atoms with Crippen molar-refractivity contribution in [3.8, 4) is 0 Å². The number of nitrogens with two attached hydrogens (primary N) is 1. The molecule has 6 nitrogen and oxygen atoms in total. The standard InChI is InChI=1S/C15H19N5O/c1-20-7-6-10(9-20)17-15(21)14-8-13(19-16)11-4-2-3-5-12(11)18-14/h2-5,8,10H,6-7,9,16H2,1H3,(H,17,21)(H,18,19). The van der Waals surface area contributed by atoms with Gasteiger partial charge in [-0.15, -0.1) is 0 Å². The summed E-state index contributed by atoms with van der Waals surface area (Å²) in [5, 5.41) is 3.93. The van der Waals surface area contributed by atoms with Gasteiger partial charge in [-0.3, -0.25) is 10.6 Å². The second-order valence-corrected chi connectivity index (χ2v) is 5.44. The number of amides is 1. The predicted molar refractivity (Wildman–Crippen MR) is 82.9 cm³/mol. The molecule has 0 saturated carbocycles. The van der Waals surface area contributed by atoms with Crippen molar-refractivity contribution in [1.29, 1.82) is 0 Å². The van der Waals surface area contributed by atoms with Crippen LogP contribution in [0.2, 0.25) is 0 Å². The lowest BCUT2D eigenvalue weighted by atomic mass is 10.1. The Morgan fingerprint density at radius 2 is 2.24 bits per heavy atom. The van der Waals surface area contributed by atoms with E-state index < -0.39 is 0 Å². The first-order valence-electron chi connectivity index (χ1n) is 7.03. The number of nitrogen functional groups attached to an aromatic ring is 1. The minimum atomic E-state index is -0.155. The first-order valence-corrected chi connectivity index (χ1v) is 7.03. The Balaban J connectivity index is 1.87. The van der Waals surface area contributed by atoms with E-state index in [1.54, 1.807) is 6.07 Å². The van der Waals surface area contributed by atoms with Crippen molar-refractivity contribution in [1.82, 2.24) is 15.2 Å². The number of hydrogen-bond donors (Lipinski definition) is 3. The van der Waals surface area contributed by atoms with Crippen LogP contribution >= 0.6 is 0 Å². The van der Waals surface area contributed by atoms with Gasteiger partial charge in [-0.05, 0) is 32.1 Å². The lowest BCUT2D eigenvalue weighted by Gasteiger charge is -2.14. The molecule has 0 bridgehead atoms. The van der Waals surface area contributed by atoms with E-state index in [9.17, 15) is 4.79 Å². The number of nitrogens with one attached hydrogen (secondary N) is 2. The third-order valence-electron chi connectivity index (χ3n) is 3.83. The smallest absolute Gasteiger partial charge is 0.270 e. The molecule has 1 aliphatic heterocycles. The van der Waals surface area contributed by atoms with E-state index in [0.717, 1.165) is 30.4 Å². The van der Waals surface area contributed by atoms with E-state index in [-0.39, 0.29) is 11.9 Å². The zero-order chi connectivity index (χ0) is 14.8. The number of hydrogen-bond acceptors (Lipinski definition) is 5. The van der Waals surface area contributed by atoms with Crippen molar-refractivity contribution in [2.75, 3.05) is 25.6 Å². The molecule has 110 valence electrons. The summed E-state index contributed by atoms with van der Waals surface area (Å²) >= 11 is 0. The summed E-state index contributed by atoms with van der Waals surface area (Å²) in [4.78, 5) is 19.0. The molecule has 2 heterocycles. The number of fused-ring (bicyclic) bond motifs is 1. The molecule has 1 saturated heterocycles. The fraction of sp³-hybridized carbons (Fsp3) is 0.333. The molecule has 4 N–H and O–H groups in total. The molecular weight excluding hydrogens is 266 g/mol. The van der Waals surface area contributed by atoms with E-state index in [1.807, 2.05) is 24.3 Å². The Morgan fingerprint density at radius 1 is 1.43 bits per heavy atom. The second kappa shape index (κ2) is 5.67. The number of likely N-dealkylation sites (N-methyl/N-ethyl adjacent to an activating group) is 1. The van der Waals surface area contributed by atoms with Crippen molar-refractivity contribution < 1.29 is 4.79 Å². The first kappa shape index (κ1) is 13.8. The SMILES string of the molecule is CN1CCC(NC(=O)c2cc(NN)c3ccccc3n2)C1. The highest BCUT2D eigenvalue weighted by molar-refractivity contribution is 5.99. The minimum absolute atomic E-state index is 0.155. The maximum Gasteiger partial charge on any atom is 0.270 e. The van der Waals surface area contributed by atoms with Crippen LogP contribution in [-0.4, -0.2) is 42.0 Å². The van der Waals surface area contributed by atoms with Gasteiger partial charge in [-0.1, -0.05) is 18.2 Å². The van der Waals surface area contributed by atoms with Gasteiger partial charge < -0.3 is 15.6 Å². The molecule has 2 aromatic rings. The Hall–Kier alpha value is -2.18. The van der Waals surface area contributed by atoms with Crippen LogP contribution in [0, 0.1) is 0 Å². The van der Waals surface area contributed by atoms with Crippen LogP contribution in [0.3, 0.4) is 0 Å². The summed E-state index contributed by atoms with van der Waals surface area (Å²) < 4.78 is 0. The average molecular weight is 285 g/mol. The number of anilines is 1. The molecule has 1 aromatic carbocycles.